The second-order valence-electron chi connectivity index (χ2n) is 5.01. The first-order valence-corrected chi connectivity index (χ1v) is 8.56. The fourth-order valence-corrected chi connectivity index (χ4v) is 2.26. The average molecular weight is 421 g/mol. The topological polar surface area (TPSA) is 97.6 Å². The molecule has 0 saturated heterocycles. The molecule has 136 valence electrons. The van der Waals surface area contributed by atoms with E-state index in [1.807, 2.05) is 6.07 Å². The molecular weight excluding hydrogens is 404 g/mol. The van der Waals surface area contributed by atoms with Crippen molar-refractivity contribution in [3.63, 3.8) is 0 Å². The Balaban J connectivity index is 2.16. The quantitative estimate of drug-likeness (QED) is 0.529. The van der Waals surface area contributed by atoms with E-state index in [1.54, 1.807) is 37.3 Å². The third-order valence-corrected chi connectivity index (χ3v) is 3.53. The average Bonchev–Trinajstić information content (AvgIpc) is 3.07. The number of ether oxygens (including phenoxy) is 1. The number of nitrogens with one attached hydrogen (secondary N) is 2. The maximum Gasteiger partial charge on any atom is 0.325 e. The molecule has 0 fully saturated rings. The fraction of sp³-hybridized carbons (Fsp3) is 0.167. The number of furan rings is 1. The molecule has 0 aliphatic heterocycles. The van der Waals surface area contributed by atoms with E-state index in [2.05, 4.69) is 26.6 Å². The molecule has 0 saturated carbocycles. The van der Waals surface area contributed by atoms with Gasteiger partial charge in [0, 0.05) is 0 Å². The van der Waals surface area contributed by atoms with Crippen molar-refractivity contribution in [1.29, 1.82) is 0 Å². The number of rotatable bonds is 7. The van der Waals surface area contributed by atoms with Crippen LogP contribution in [0.25, 0.3) is 6.08 Å². The molecule has 0 aliphatic carbocycles. The lowest BCUT2D eigenvalue weighted by atomic mass is 10.2. The van der Waals surface area contributed by atoms with E-state index in [9.17, 15) is 14.4 Å². The van der Waals surface area contributed by atoms with Crippen molar-refractivity contribution < 1.29 is 23.5 Å². The molecule has 2 amide bonds. The summed E-state index contributed by atoms with van der Waals surface area (Å²) in [5, 5.41) is 4.91. The number of hydrogen-bond acceptors (Lipinski definition) is 5. The van der Waals surface area contributed by atoms with Gasteiger partial charge in [-0.15, -0.1) is 0 Å². The molecule has 0 bridgehead atoms. The smallest absolute Gasteiger partial charge is 0.325 e. The summed E-state index contributed by atoms with van der Waals surface area (Å²) in [6.45, 7) is 1.58. The molecule has 8 heteroatoms. The SMILES string of the molecule is CCOC(=O)CNC(=O)C(=Cc1ccccc1)NC(=O)c1ccc(Br)o1. The van der Waals surface area contributed by atoms with Crippen LogP contribution < -0.4 is 10.6 Å². The van der Waals surface area contributed by atoms with Crippen molar-refractivity contribution in [2.24, 2.45) is 0 Å². The first-order chi connectivity index (χ1) is 12.5. The summed E-state index contributed by atoms with van der Waals surface area (Å²) in [6, 6.07) is 12.0. The largest absolute Gasteiger partial charge is 0.465 e. The Kier molecular flexibility index (Phi) is 7.16. The predicted octanol–water partition coefficient (Wildman–Crippen LogP) is 2.49. The Bertz CT molecular complexity index is 814. The summed E-state index contributed by atoms with van der Waals surface area (Å²) < 4.78 is 10.3. The molecule has 2 N–H and O–H groups in total. The molecule has 0 radical (unpaired) electrons. The molecular formula is C18H17BrN2O5. The second-order valence-corrected chi connectivity index (χ2v) is 5.80. The highest BCUT2D eigenvalue weighted by molar-refractivity contribution is 9.10. The van der Waals surface area contributed by atoms with E-state index in [0.29, 0.717) is 10.2 Å². The first-order valence-electron chi connectivity index (χ1n) is 7.77. The van der Waals surface area contributed by atoms with E-state index in [4.69, 9.17) is 9.15 Å². The minimum Gasteiger partial charge on any atom is -0.465 e. The van der Waals surface area contributed by atoms with Crippen LogP contribution in [0.15, 0.2) is 57.2 Å². The van der Waals surface area contributed by atoms with Gasteiger partial charge in [-0.3, -0.25) is 14.4 Å². The lowest BCUT2D eigenvalue weighted by molar-refractivity contribution is -0.143. The zero-order chi connectivity index (χ0) is 18.9. The number of esters is 1. The number of carbonyl (C=O) groups excluding carboxylic acids is 3. The third kappa shape index (κ3) is 5.89. The summed E-state index contributed by atoms with van der Waals surface area (Å²) in [6.07, 6.45) is 1.50. The highest BCUT2D eigenvalue weighted by Gasteiger charge is 2.18. The van der Waals surface area contributed by atoms with Gasteiger partial charge in [0.15, 0.2) is 10.4 Å². The lowest BCUT2D eigenvalue weighted by Crippen LogP contribution is -2.37. The molecule has 1 aromatic carbocycles. The van der Waals surface area contributed by atoms with Crippen LogP contribution in [0.2, 0.25) is 0 Å². The molecule has 26 heavy (non-hydrogen) atoms. The number of hydrogen-bond donors (Lipinski definition) is 2. The van der Waals surface area contributed by atoms with Gasteiger partial charge in [-0.05, 0) is 46.6 Å². The Hall–Kier alpha value is -2.87. The van der Waals surface area contributed by atoms with Crippen LogP contribution in [-0.2, 0) is 14.3 Å². The van der Waals surface area contributed by atoms with Gasteiger partial charge in [0.1, 0.15) is 12.2 Å². The highest BCUT2D eigenvalue weighted by Crippen LogP contribution is 2.14. The standard InChI is InChI=1S/C18H17BrN2O5/c1-2-25-16(22)11-20-17(23)13(10-12-6-4-3-5-7-12)21-18(24)14-8-9-15(19)26-14/h3-10H,2,11H2,1H3,(H,20,23)(H,21,24). The predicted molar refractivity (Wildman–Crippen MR) is 97.9 cm³/mol. The van der Waals surface area contributed by atoms with Gasteiger partial charge in [0.25, 0.3) is 11.8 Å². The summed E-state index contributed by atoms with van der Waals surface area (Å²) >= 11 is 3.11. The molecule has 2 aromatic rings. The molecule has 7 nitrogen and oxygen atoms in total. The number of benzene rings is 1. The Morgan fingerprint density at radius 1 is 1.15 bits per heavy atom. The monoisotopic (exact) mass is 420 g/mol. The van der Waals surface area contributed by atoms with Gasteiger partial charge in [-0.1, -0.05) is 30.3 Å². The number of amides is 2. The van der Waals surface area contributed by atoms with Gasteiger partial charge >= 0.3 is 5.97 Å². The third-order valence-electron chi connectivity index (χ3n) is 3.10. The maximum atomic E-state index is 12.4. The van der Waals surface area contributed by atoms with Crippen LogP contribution in [0, 0.1) is 0 Å². The molecule has 0 spiro atoms. The van der Waals surface area contributed by atoms with E-state index in [1.165, 1.54) is 12.1 Å². The Labute approximate surface area is 158 Å². The lowest BCUT2D eigenvalue weighted by Gasteiger charge is -2.10. The summed E-state index contributed by atoms with van der Waals surface area (Å²) in [5.41, 5.74) is 0.674. The van der Waals surface area contributed by atoms with Crippen LogP contribution in [0.3, 0.4) is 0 Å². The van der Waals surface area contributed by atoms with Gasteiger partial charge in [0.05, 0.1) is 6.61 Å². The van der Waals surface area contributed by atoms with Gasteiger partial charge in [0.2, 0.25) is 0 Å². The molecule has 0 aliphatic rings. The van der Waals surface area contributed by atoms with E-state index in [0.717, 1.165) is 0 Å². The number of carbonyl (C=O) groups is 3. The van der Waals surface area contributed by atoms with Gasteiger partial charge < -0.3 is 19.8 Å². The van der Waals surface area contributed by atoms with Crippen molar-refractivity contribution >= 4 is 39.8 Å². The van der Waals surface area contributed by atoms with Gasteiger partial charge in [-0.2, -0.15) is 0 Å². The van der Waals surface area contributed by atoms with Crippen LogP contribution >= 0.6 is 15.9 Å². The highest BCUT2D eigenvalue weighted by atomic mass is 79.9. The number of halogens is 1. The zero-order valence-corrected chi connectivity index (χ0v) is 15.5. The first kappa shape index (κ1) is 19.5. The van der Waals surface area contributed by atoms with E-state index in [-0.39, 0.29) is 24.6 Å². The summed E-state index contributed by atoms with van der Waals surface area (Å²) in [4.78, 5) is 36.1. The van der Waals surface area contributed by atoms with E-state index >= 15 is 0 Å². The minimum atomic E-state index is -0.624. The molecule has 2 rings (SSSR count). The van der Waals surface area contributed by atoms with E-state index < -0.39 is 17.8 Å². The zero-order valence-electron chi connectivity index (χ0n) is 14.0. The van der Waals surface area contributed by atoms with Crippen LogP contribution in [0.4, 0.5) is 0 Å². The van der Waals surface area contributed by atoms with Crippen LogP contribution in [-0.4, -0.2) is 30.9 Å². The Morgan fingerprint density at radius 2 is 1.88 bits per heavy atom. The molecule has 0 unspecified atom stereocenters. The second kappa shape index (κ2) is 9.57. The van der Waals surface area contributed by atoms with Gasteiger partial charge in [-0.25, -0.2) is 0 Å². The summed E-state index contributed by atoms with van der Waals surface area (Å²) in [5.74, 6) is -1.75. The van der Waals surface area contributed by atoms with Crippen LogP contribution in [0.5, 0.6) is 0 Å². The van der Waals surface area contributed by atoms with Crippen LogP contribution in [0.1, 0.15) is 23.0 Å². The Morgan fingerprint density at radius 3 is 2.50 bits per heavy atom. The molecule has 0 atom stereocenters. The van der Waals surface area contributed by atoms with Crippen molar-refractivity contribution in [3.05, 3.63) is 64.2 Å². The normalized spacial score (nSPS) is 10.9. The maximum absolute atomic E-state index is 12.4. The molecule has 1 aromatic heterocycles. The van der Waals surface area contributed by atoms with Crippen molar-refractivity contribution in [2.45, 2.75) is 6.92 Å². The van der Waals surface area contributed by atoms with Crippen molar-refractivity contribution in [3.8, 4) is 0 Å². The summed E-state index contributed by atoms with van der Waals surface area (Å²) in [7, 11) is 0. The molecule has 1 heterocycles. The fourth-order valence-electron chi connectivity index (χ4n) is 1.95. The van der Waals surface area contributed by atoms with Crippen molar-refractivity contribution in [1.82, 2.24) is 10.6 Å². The van der Waals surface area contributed by atoms with Crippen molar-refractivity contribution in [2.75, 3.05) is 13.2 Å². The minimum absolute atomic E-state index is 0.0296.